The summed E-state index contributed by atoms with van der Waals surface area (Å²) in [5.74, 6) is -1.22. The first kappa shape index (κ1) is 23.5. The molecule has 0 spiro atoms. The van der Waals surface area contributed by atoms with Crippen molar-refractivity contribution >= 4 is 17.8 Å². The molecule has 2 N–H and O–H groups in total. The summed E-state index contributed by atoms with van der Waals surface area (Å²) in [6, 6.07) is 25.8. The number of carbonyl (C=O) groups is 3. The molecule has 0 bridgehead atoms. The van der Waals surface area contributed by atoms with Crippen molar-refractivity contribution in [3.05, 3.63) is 102 Å². The van der Waals surface area contributed by atoms with Crippen LogP contribution < -0.4 is 15.4 Å². The predicted octanol–water partition coefficient (Wildman–Crippen LogP) is 3.07. The highest BCUT2D eigenvalue weighted by molar-refractivity contribution is 5.98. The van der Waals surface area contributed by atoms with Gasteiger partial charge >= 0.3 is 5.97 Å². The Morgan fingerprint density at radius 2 is 1.48 bits per heavy atom. The van der Waals surface area contributed by atoms with Crippen LogP contribution in [-0.2, 0) is 20.7 Å². The number of methoxy groups -OCH3 is 1. The molecule has 0 aliphatic heterocycles. The van der Waals surface area contributed by atoms with Crippen LogP contribution in [0.4, 0.5) is 0 Å². The maximum absolute atomic E-state index is 12.5. The second-order valence-corrected chi connectivity index (χ2v) is 7.26. The Kier molecular flexibility index (Phi) is 8.59. The summed E-state index contributed by atoms with van der Waals surface area (Å²) in [4.78, 5) is 36.8. The summed E-state index contributed by atoms with van der Waals surface area (Å²) in [5.41, 5.74) is 2.32. The number of amides is 2. The summed E-state index contributed by atoms with van der Waals surface area (Å²) < 4.78 is 10.2. The zero-order valence-electron chi connectivity index (χ0n) is 18.3. The van der Waals surface area contributed by atoms with Gasteiger partial charge in [-0.3, -0.25) is 14.4 Å². The minimum absolute atomic E-state index is 0.273. The van der Waals surface area contributed by atoms with Gasteiger partial charge in [0.25, 0.3) is 11.8 Å². The molecule has 0 heterocycles. The Hall–Kier alpha value is -4.13. The SMILES string of the molecule is COc1ccccc1C(=O)NCC(=O)OCC(=O)NC(Cc1ccccc1)c1ccccc1. The van der Waals surface area contributed by atoms with Crippen LogP contribution in [0.1, 0.15) is 27.5 Å². The number of hydrogen-bond donors (Lipinski definition) is 2. The highest BCUT2D eigenvalue weighted by Gasteiger charge is 2.17. The van der Waals surface area contributed by atoms with Gasteiger partial charge in [0.05, 0.1) is 18.7 Å². The second-order valence-electron chi connectivity index (χ2n) is 7.26. The molecule has 3 aromatic carbocycles. The van der Waals surface area contributed by atoms with Crippen molar-refractivity contribution in [1.82, 2.24) is 10.6 Å². The van der Waals surface area contributed by atoms with E-state index in [9.17, 15) is 14.4 Å². The molecule has 170 valence electrons. The van der Waals surface area contributed by atoms with Crippen molar-refractivity contribution in [3.63, 3.8) is 0 Å². The summed E-state index contributed by atoms with van der Waals surface area (Å²) in [5, 5.41) is 5.39. The van der Waals surface area contributed by atoms with E-state index in [2.05, 4.69) is 10.6 Å². The topological polar surface area (TPSA) is 93.7 Å². The van der Waals surface area contributed by atoms with Crippen molar-refractivity contribution in [2.45, 2.75) is 12.5 Å². The lowest BCUT2D eigenvalue weighted by atomic mass is 9.99. The predicted molar refractivity (Wildman–Crippen MR) is 124 cm³/mol. The summed E-state index contributed by atoms with van der Waals surface area (Å²) >= 11 is 0. The first-order chi connectivity index (χ1) is 16.1. The summed E-state index contributed by atoms with van der Waals surface area (Å²) in [7, 11) is 1.46. The molecule has 1 unspecified atom stereocenters. The Morgan fingerprint density at radius 1 is 0.848 bits per heavy atom. The van der Waals surface area contributed by atoms with E-state index in [0.29, 0.717) is 17.7 Å². The van der Waals surface area contributed by atoms with Crippen LogP contribution in [0.5, 0.6) is 5.75 Å². The van der Waals surface area contributed by atoms with Crippen LogP contribution in [0.2, 0.25) is 0 Å². The van der Waals surface area contributed by atoms with Crippen molar-refractivity contribution in [1.29, 1.82) is 0 Å². The zero-order chi connectivity index (χ0) is 23.5. The molecule has 33 heavy (non-hydrogen) atoms. The molecule has 0 saturated heterocycles. The molecule has 0 fully saturated rings. The normalized spacial score (nSPS) is 11.2. The summed E-state index contributed by atoms with van der Waals surface area (Å²) in [6.07, 6.45) is 0.597. The third-order valence-corrected chi connectivity index (χ3v) is 4.93. The standard InChI is InChI=1S/C26H26N2O5/c1-32-23-15-9-8-14-21(23)26(31)27-17-25(30)33-18-24(29)28-22(20-12-6-3-7-13-20)16-19-10-4-2-5-11-19/h2-15,22H,16-18H2,1H3,(H,27,31)(H,28,29). The van der Waals surface area contributed by atoms with Gasteiger partial charge < -0.3 is 20.1 Å². The monoisotopic (exact) mass is 446 g/mol. The third-order valence-electron chi connectivity index (χ3n) is 4.93. The molecule has 1 atom stereocenters. The van der Waals surface area contributed by atoms with E-state index in [4.69, 9.17) is 9.47 Å². The maximum Gasteiger partial charge on any atom is 0.325 e. The average molecular weight is 447 g/mol. The maximum atomic E-state index is 12.5. The number of benzene rings is 3. The minimum atomic E-state index is -0.715. The van der Waals surface area contributed by atoms with Crippen molar-refractivity contribution in [3.8, 4) is 5.75 Å². The molecule has 2 amide bonds. The fourth-order valence-electron chi connectivity index (χ4n) is 3.30. The molecule has 0 radical (unpaired) electrons. The van der Waals surface area contributed by atoms with E-state index in [-0.39, 0.29) is 12.6 Å². The van der Waals surface area contributed by atoms with Crippen LogP contribution in [-0.4, -0.2) is 38.0 Å². The van der Waals surface area contributed by atoms with Gasteiger partial charge in [-0.25, -0.2) is 0 Å². The quantitative estimate of drug-likeness (QED) is 0.467. The Bertz CT molecular complexity index is 1070. The lowest BCUT2D eigenvalue weighted by Gasteiger charge is -2.19. The molecule has 0 saturated carbocycles. The number of para-hydroxylation sites is 1. The number of ether oxygens (including phenoxy) is 2. The van der Waals surface area contributed by atoms with Gasteiger partial charge in [-0.15, -0.1) is 0 Å². The van der Waals surface area contributed by atoms with E-state index in [1.54, 1.807) is 24.3 Å². The first-order valence-electron chi connectivity index (χ1n) is 10.5. The smallest absolute Gasteiger partial charge is 0.325 e. The largest absolute Gasteiger partial charge is 0.496 e. The van der Waals surface area contributed by atoms with Crippen molar-refractivity contribution in [2.24, 2.45) is 0 Å². The first-order valence-corrected chi connectivity index (χ1v) is 10.5. The van der Waals surface area contributed by atoms with Crippen molar-refractivity contribution in [2.75, 3.05) is 20.3 Å². The number of rotatable bonds is 10. The molecular weight excluding hydrogens is 420 g/mol. The van der Waals surface area contributed by atoms with Crippen LogP contribution >= 0.6 is 0 Å². The molecular formula is C26H26N2O5. The van der Waals surface area contributed by atoms with Gasteiger partial charge in [-0.05, 0) is 29.7 Å². The fourth-order valence-corrected chi connectivity index (χ4v) is 3.30. The number of esters is 1. The molecule has 7 nitrogen and oxygen atoms in total. The Morgan fingerprint density at radius 3 is 2.18 bits per heavy atom. The molecule has 3 rings (SSSR count). The van der Waals surface area contributed by atoms with Crippen LogP contribution in [0.3, 0.4) is 0 Å². The molecule has 0 aliphatic rings. The average Bonchev–Trinajstić information content (AvgIpc) is 2.86. The van der Waals surface area contributed by atoms with E-state index < -0.39 is 24.4 Å². The zero-order valence-corrected chi connectivity index (χ0v) is 18.3. The second kappa shape index (κ2) is 12.0. The van der Waals surface area contributed by atoms with E-state index in [1.807, 2.05) is 60.7 Å². The van der Waals surface area contributed by atoms with Gasteiger partial charge in [-0.1, -0.05) is 72.8 Å². The molecule has 7 heteroatoms. The molecule has 0 aromatic heterocycles. The third kappa shape index (κ3) is 7.21. The fraction of sp³-hybridized carbons (Fsp3) is 0.192. The van der Waals surface area contributed by atoms with Crippen LogP contribution in [0, 0.1) is 0 Å². The number of nitrogens with one attached hydrogen (secondary N) is 2. The van der Waals surface area contributed by atoms with Crippen LogP contribution in [0.15, 0.2) is 84.9 Å². The van der Waals surface area contributed by atoms with Gasteiger partial charge in [0.2, 0.25) is 0 Å². The Balaban J connectivity index is 1.51. The van der Waals surface area contributed by atoms with Gasteiger partial charge in [0.1, 0.15) is 12.3 Å². The van der Waals surface area contributed by atoms with Crippen molar-refractivity contribution < 1.29 is 23.9 Å². The van der Waals surface area contributed by atoms with Gasteiger partial charge in [0.15, 0.2) is 6.61 Å². The van der Waals surface area contributed by atoms with E-state index >= 15 is 0 Å². The number of hydrogen-bond acceptors (Lipinski definition) is 5. The number of carbonyl (C=O) groups excluding carboxylic acids is 3. The van der Waals surface area contributed by atoms with Gasteiger partial charge in [-0.2, -0.15) is 0 Å². The van der Waals surface area contributed by atoms with E-state index in [1.165, 1.54) is 7.11 Å². The lowest BCUT2D eigenvalue weighted by molar-refractivity contribution is -0.147. The highest BCUT2D eigenvalue weighted by atomic mass is 16.5. The van der Waals surface area contributed by atoms with Crippen LogP contribution in [0.25, 0.3) is 0 Å². The Labute approximate surface area is 192 Å². The highest BCUT2D eigenvalue weighted by Crippen LogP contribution is 2.18. The summed E-state index contributed by atoms with van der Waals surface area (Å²) in [6.45, 7) is -0.808. The lowest BCUT2D eigenvalue weighted by Crippen LogP contribution is -2.36. The van der Waals surface area contributed by atoms with Gasteiger partial charge in [0, 0.05) is 0 Å². The minimum Gasteiger partial charge on any atom is -0.496 e. The molecule has 3 aromatic rings. The molecule has 0 aliphatic carbocycles. The van der Waals surface area contributed by atoms with E-state index in [0.717, 1.165) is 11.1 Å².